The Bertz CT molecular complexity index is 383. The molecule has 1 heterocycles. The summed E-state index contributed by atoms with van der Waals surface area (Å²) < 4.78 is 5.41. The molecule has 0 aromatic carbocycles. The average Bonchev–Trinajstić information content (AvgIpc) is 2.40. The van der Waals surface area contributed by atoms with E-state index in [1.807, 2.05) is 20.8 Å². The molecule has 0 aliphatic carbocycles. The van der Waals surface area contributed by atoms with E-state index in [1.54, 1.807) is 6.92 Å². The van der Waals surface area contributed by atoms with Gasteiger partial charge in [0.15, 0.2) is 0 Å². The molecule has 3 nitrogen and oxygen atoms in total. The van der Waals surface area contributed by atoms with E-state index in [4.69, 9.17) is 16.0 Å². The molecule has 0 radical (unpaired) electrons. The van der Waals surface area contributed by atoms with Crippen LogP contribution in [0, 0.1) is 20.8 Å². The van der Waals surface area contributed by atoms with Crippen LogP contribution in [-0.2, 0) is 0 Å². The zero-order valence-electron chi connectivity index (χ0n) is 10.2. The van der Waals surface area contributed by atoms with E-state index in [0.29, 0.717) is 17.9 Å². The van der Waals surface area contributed by atoms with Gasteiger partial charge in [-0.25, -0.2) is 0 Å². The number of alkyl halides is 1. The van der Waals surface area contributed by atoms with Crippen LogP contribution in [0.25, 0.3) is 0 Å². The van der Waals surface area contributed by atoms with Crippen molar-refractivity contribution >= 4 is 17.5 Å². The molecule has 1 aromatic heterocycles. The molecule has 1 rings (SSSR count). The summed E-state index contributed by atoms with van der Waals surface area (Å²) in [7, 11) is 0. The highest BCUT2D eigenvalue weighted by Gasteiger charge is 2.17. The third-order valence-electron chi connectivity index (χ3n) is 2.62. The van der Waals surface area contributed by atoms with E-state index in [-0.39, 0.29) is 11.3 Å². The lowest BCUT2D eigenvalue weighted by Gasteiger charge is -2.06. The van der Waals surface area contributed by atoms with Crippen LogP contribution in [0.3, 0.4) is 0 Å². The summed E-state index contributed by atoms with van der Waals surface area (Å²) in [5, 5.41) is 2.92. The van der Waals surface area contributed by atoms with Crippen LogP contribution in [0.5, 0.6) is 0 Å². The zero-order valence-corrected chi connectivity index (χ0v) is 10.9. The minimum atomic E-state index is -0.0795. The fourth-order valence-electron chi connectivity index (χ4n) is 1.60. The predicted molar refractivity (Wildman–Crippen MR) is 65.2 cm³/mol. The number of carbonyl (C=O) groups excluding carboxylic acids is 1. The number of hydrogen-bond acceptors (Lipinski definition) is 2. The number of rotatable bonds is 4. The van der Waals surface area contributed by atoms with Crippen molar-refractivity contribution in [1.82, 2.24) is 5.32 Å². The Morgan fingerprint density at radius 3 is 2.44 bits per heavy atom. The van der Waals surface area contributed by atoms with Gasteiger partial charge in [-0.1, -0.05) is 0 Å². The molecular formula is C12H18ClNO2. The first kappa shape index (κ1) is 13.1. The Kier molecular flexibility index (Phi) is 4.42. The van der Waals surface area contributed by atoms with Crippen molar-refractivity contribution < 1.29 is 9.21 Å². The van der Waals surface area contributed by atoms with E-state index >= 15 is 0 Å². The predicted octanol–water partition coefficient (Wildman–Crippen LogP) is 2.95. The van der Waals surface area contributed by atoms with Crippen LogP contribution in [0.2, 0.25) is 0 Å². The van der Waals surface area contributed by atoms with Gasteiger partial charge in [-0.3, -0.25) is 4.79 Å². The van der Waals surface area contributed by atoms with Crippen molar-refractivity contribution in [2.24, 2.45) is 0 Å². The van der Waals surface area contributed by atoms with Gasteiger partial charge in [-0.05, 0) is 34.1 Å². The van der Waals surface area contributed by atoms with Crippen molar-refractivity contribution in [2.45, 2.75) is 39.5 Å². The summed E-state index contributed by atoms with van der Waals surface area (Å²) in [5.41, 5.74) is 1.56. The minimum Gasteiger partial charge on any atom is -0.466 e. The summed E-state index contributed by atoms with van der Waals surface area (Å²) >= 11 is 5.80. The summed E-state index contributed by atoms with van der Waals surface area (Å²) in [4.78, 5) is 11.9. The number of amides is 1. The molecule has 0 saturated heterocycles. The molecule has 0 saturated carbocycles. The second-order valence-corrected chi connectivity index (χ2v) is 4.78. The summed E-state index contributed by atoms with van der Waals surface area (Å²) in [6, 6.07) is 0. The number of carbonyl (C=O) groups is 1. The maximum absolute atomic E-state index is 11.9. The highest BCUT2D eigenvalue weighted by atomic mass is 35.5. The molecule has 0 bridgehead atoms. The number of halogens is 1. The van der Waals surface area contributed by atoms with E-state index < -0.39 is 0 Å². The van der Waals surface area contributed by atoms with Gasteiger partial charge in [-0.2, -0.15) is 0 Å². The fraction of sp³-hybridized carbons (Fsp3) is 0.583. The standard InChI is InChI=1S/C12H18ClNO2/c1-7(13)5-6-14-12(15)11-8(2)9(3)16-10(11)4/h7H,5-6H2,1-4H3,(H,14,15). The molecule has 0 aliphatic heterocycles. The Balaban J connectivity index is 2.66. The highest BCUT2D eigenvalue weighted by Crippen LogP contribution is 2.20. The molecule has 1 unspecified atom stereocenters. The summed E-state index contributed by atoms with van der Waals surface area (Å²) in [6.07, 6.45) is 0.766. The van der Waals surface area contributed by atoms with Gasteiger partial charge in [-0.15, -0.1) is 11.6 Å². The van der Waals surface area contributed by atoms with Crippen LogP contribution >= 0.6 is 11.6 Å². The van der Waals surface area contributed by atoms with Gasteiger partial charge in [0.25, 0.3) is 5.91 Å². The topological polar surface area (TPSA) is 42.2 Å². The highest BCUT2D eigenvalue weighted by molar-refractivity contribution is 6.20. The zero-order chi connectivity index (χ0) is 12.3. The Hall–Kier alpha value is -0.960. The average molecular weight is 244 g/mol. The van der Waals surface area contributed by atoms with Crippen molar-refractivity contribution in [1.29, 1.82) is 0 Å². The lowest BCUT2D eigenvalue weighted by molar-refractivity contribution is 0.0951. The summed E-state index contributed by atoms with van der Waals surface area (Å²) in [5.74, 6) is 1.39. The first-order valence-corrected chi connectivity index (χ1v) is 5.86. The number of hydrogen-bond donors (Lipinski definition) is 1. The van der Waals surface area contributed by atoms with Gasteiger partial charge in [0.2, 0.25) is 0 Å². The molecular weight excluding hydrogens is 226 g/mol. The van der Waals surface area contributed by atoms with Crippen LogP contribution in [-0.4, -0.2) is 17.8 Å². The molecule has 4 heteroatoms. The Morgan fingerprint density at radius 1 is 1.38 bits per heavy atom. The van der Waals surface area contributed by atoms with Crippen molar-refractivity contribution in [3.05, 3.63) is 22.6 Å². The van der Waals surface area contributed by atoms with Crippen molar-refractivity contribution in [3.8, 4) is 0 Å². The molecule has 0 fully saturated rings. The van der Waals surface area contributed by atoms with Crippen LogP contribution < -0.4 is 5.32 Å². The van der Waals surface area contributed by atoms with Gasteiger partial charge in [0.1, 0.15) is 11.5 Å². The molecule has 90 valence electrons. The SMILES string of the molecule is Cc1oc(C)c(C(=O)NCCC(C)Cl)c1C. The van der Waals surface area contributed by atoms with E-state index in [0.717, 1.165) is 17.7 Å². The van der Waals surface area contributed by atoms with Crippen LogP contribution in [0.4, 0.5) is 0 Å². The monoisotopic (exact) mass is 243 g/mol. The second-order valence-electron chi connectivity index (χ2n) is 4.04. The molecule has 16 heavy (non-hydrogen) atoms. The van der Waals surface area contributed by atoms with Gasteiger partial charge in [0, 0.05) is 17.5 Å². The minimum absolute atomic E-state index is 0.0774. The molecule has 1 N–H and O–H groups in total. The number of furan rings is 1. The molecule has 0 spiro atoms. The van der Waals surface area contributed by atoms with Gasteiger partial charge < -0.3 is 9.73 Å². The fourth-order valence-corrected chi connectivity index (χ4v) is 1.71. The van der Waals surface area contributed by atoms with Crippen molar-refractivity contribution in [2.75, 3.05) is 6.54 Å². The lowest BCUT2D eigenvalue weighted by atomic mass is 10.1. The number of nitrogens with one attached hydrogen (secondary N) is 1. The quantitative estimate of drug-likeness (QED) is 0.827. The van der Waals surface area contributed by atoms with Crippen molar-refractivity contribution in [3.63, 3.8) is 0 Å². The molecule has 1 amide bonds. The first-order valence-electron chi connectivity index (χ1n) is 5.42. The third-order valence-corrected chi connectivity index (χ3v) is 2.83. The maximum Gasteiger partial charge on any atom is 0.255 e. The largest absolute Gasteiger partial charge is 0.466 e. The van der Waals surface area contributed by atoms with E-state index in [1.165, 1.54) is 0 Å². The number of aryl methyl sites for hydroxylation is 2. The maximum atomic E-state index is 11.9. The molecule has 1 atom stereocenters. The van der Waals surface area contributed by atoms with Gasteiger partial charge in [0.05, 0.1) is 5.56 Å². The van der Waals surface area contributed by atoms with Crippen LogP contribution in [0.1, 0.15) is 40.8 Å². The first-order chi connectivity index (χ1) is 7.43. The smallest absolute Gasteiger partial charge is 0.255 e. The second kappa shape index (κ2) is 5.39. The lowest BCUT2D eigenvalue weighted by Crippen LogP contribution is -2.26. The Morgan fingerprint density at radius 2 is 2.00 bits per heavy atom. The summed E-state index contributed by atoms with van der Waals surface area (Å²) in [6.45, 7) is 8.06. The van der Waals surface area contributed by atoms with Crippen LogP contribution in [0.15, 0.2) is 4.42 Å². The molecule has 1 aromatic rings. The Labute approximate surface area is 101 Å². The third kappa shape index (κ3) is 3.01. The van der Waals surface area contributed by atoms with E-state index in [9.17, 15) is 4.79 Å². The normalized spacial score (nSPS) is 12.6. The van der Waals surface area contributed by atoms with E-state index in [2.05, 4.69) is 5.32 Å². The molecule has 0 aliphatic rings. The van der Waals surface area contributed by atoms with Gasteiger partial charge >= 0.3 is 0 Å².